The zero-order chi connectivity index (χ0) is 10.0. The molecular formula is C10H14ClNO. The Balaban J connectivity index is 3.01. The Morgan fingerprint density at radius 2 is 2.08 bits per heavy atom. The maximum Gasteiger partial charge on any atom is 0.0704 e. The second-order valence-electron chi connectivity index (χ2n) is 3.27. The van der Waals surface area contributed by atoms with E-state index in [1.54, 1.807) is 13.0 Å². The lowest BCUT2D eigenvalue weighted by atomic mass is 9.99. The summed E-state index contributed by atoms with van der Waals surface area (Å²) in [5.41, 5.74) is 7.75. The number of hydrogen-bond acceptors (Lipinski definition) is 2. The van der Waals surface area contributed by atoms with Crippen LogP contribution in [0.4, 0.5) is 0 Å². The lowest BCUT2D eigenvalue weighted by Gasteiger charge is -2.17. The second-order valence-corrected chi connectivity index (χ2v) is 3.70. The average Bonchev–Trinajstić information content (AvgIpc) is 2.03. The molecule has 72 valence electrons. The quantitative estimate of drug-likeness (QED) is 0.766. The van der Waals surface area contributed by atoms with Crippen LogP contribution in [0.3, 0.4) is 0 Å². The molecule has 0 bridgehead atoms. The van der Waals surface area contributed by atoms with Crippen LogP contribution in [0.15, 0.2) is 18.2 Å². The average molecular weight is 200 g/mol. The summed E-state index contributed by atoms with van der Waals surface area (Å²) in [6, 6.07) is 5.15. The minimum Gasteiger partial charge on any atom is -0.391 e. The lowest BCUT2D eigenvalue weighted by Crippen LogP contribution is -2.23. The van der Waals surface area contributed by atoms with Crippen LogP contribution in [-0.2, 0) is 0 Å². The number of aryl methyl sites for hydroxylation is 1. The predicted octanol–water partition coefficient (Wildman–Crippen LogP) is 2.03. The van der Waals surface area contributed by atoms with Gasteiger partial charge in [0.05, 0.1) is 12.1 Å². The van der Waals surface area contributed by atoms with Crippen LogP contribution in [0, 0.1) is 6.92 Å². The molecule has 0 saturated heterocycles. The summed E-state index contributed by atoms with van der Waals surface area (Å²) >= 11 is 5.80. The van der Waals surface area contributed by atoms with Gasteiger partial charge in [-0.25, -0.2) is 0 Å². The maximum absolute atomic E-state index is 9.31. The van der Waals surface area contributed by atoms with Crippen molar-refractivity contribution in [3.8, 4) is 0 Å². The summed E-state index contributed by atoms with van der Waals surface area (Å²) in [7, 11) is 0. The fourth-order valence-electron chi connectivity index (χ4n) is 1.27. The summed E-state index contributed by atoms with van der Waals surface area (Å²) in [6.45, 7) is 3.61. The molecule has 0 aliphatic heterocycles. The van der Waals surface area contributed by atoms with Crippen molar-refractivity contribution in [2.24, 2.45) is 5.73 Å². The van der Waals surface area contributed by atoms with Gasteiger partial charge in [0, 0.05) is 5.02 Å². The largest absolute Gasteiger partial charge is 0.391 e. The van der Waals surface area contributed by atoms with Crippen molar-refractivity contribution < 1.29 is 5.11 Å². The molecule has 13 heavy (non-hydrogen) atoms. The van der Waals surface area contributed by atoms with Crippen molar-refractivity contribution in [1.29, 1.82) is 0 Å². The molecular weight excluding hydrogens is 186 g/mol. The first-order chi connectivity index (χ1) is 6.02. The Hall–Kier alpha value is -0.570. The monoisotopic (exact) mass is 199 g/mol. The van der Waals surface area contributed by atoms with Gasteiger partial charge in [-0.15, -0.1) is 0 Å². The molecule has 0 aliphatic rings. The van der Waals surface area contributed by atoms with Gasteiger partial charge in [0.2, 0.25) is 0 Å². The molecule has 1 aromatic carbocycles. The summed E-state index contributed by atoms with van der Waals surface area (Å²) in [5, 5.41) is 10.0. The van der Waals surface area contributed by atoms with Crippen LogP contribution >= 0.6 is 11.6 Å². The lowest BCUT2D eigenvalue weighted by molar-refractivity contribution is 0.164. The van der Waals surface area contributed by atoms with Crippen LogP contribution in [0.5, 0.6) is 0 Å². The highest BCUT2D eigenvalue weighted by molar-refractivity contribution is 6.30. The molecule has 0 amide bonds. The standard InChI is InChI=1S/C10H14ClNO/c1-6-5-8(11)3-4-9(6)10(12)7(2)13/h3-5,7,10,13H,12H2,1-2H3/t7-,10+/m1/s1. The number of halogens is 1. The zero-order valence-electron chi connectivity index (χ0n) is 7.79. The molecule has 0 fully saturated rings. The van der Waals surface area contributed by atoms with Gasteiger partial charge in [-0.3, -0.25) is 0 Å². The topological polar surface area (TPSA) is 46.2 Å². The van der Waals surface area contributed by atoms with Gasteiger partial charge in [0.1, 0.15) is 0 Å². The van der Waals surface area contributed by atoms with Gasteiger partial charge in [0.15, 0.2) is 0 Å². The fraction of sp³-hybridized carbons (Fsp3) is 0.400. The van der Waals surface area contributed by atoms with Gasteiger partial charge in [0.25, 0.3) is 0 Å². The van der Waals surface area contributed by atoms with E-state index in [1.165, 1.54) is 0 Å². The van der Waals surface area contributed by atoms with Crippen molar-refractivity contribution in [2.45, 2.75) is 26.0 Å². The highest BCUT2D eigenvalue weighted by Crippen LogP contribution is 2.21. The molecule has 0 unspecified atom stereocenters. The van der Waals surface area contributed by atoms with E-state index < -0.39 is 6.10 Å². The van der Waals surface area contributed by atoms with Crippen molar-refractivity contribution >= 4 is 11.6 Å². The van der Waals surface area contributed by atoms with Gasteiger partial charge in [-0.2, -0.15) is 0 Å². The summed E-state index contributed by atoms with van der Waals surface area (Å²) < 4.78 is 0. The minimum atomic E-state index is -0.542. The third-order valence-electron chi connectivity index (χ3n) is 2.11. The first kappa shape index (κ1) is 10.5. The summed E-state index contributed by atoms with van der Waals surface area (Å²) in [6.07, 6.45) is -0.542. The molecule has 2 nitrogen and oxygen atoms in total. The second kappa shape index (κ2) is 4.09. The Bertz CT molecular complexity index is 299. The molecule has 0 saturated carbocycles. The highest BCUT2D eigenvalue weighted by atomic mass is 35.5. The number of hydrogen-bond donors (Lipinski definition) is 2. The van der Waals surface area contributed by atoms with Gasteiger partial charge in [-0.1, -0.05) is 17.7 Å². The number of nitrogens with two attached hydrogens (primary N) is 1. The van der Waals surface area contributed by atoms with Gasteiger partial charge in [-0.05, 0) is 37.1 Å². The van der Waals surface area contributed by atoms with Gasteiger partial charge >= 0.3 is 0 Å². The predicted molar refractivity (Wildman–Crippen MR) is 54.8 cm³/mol. The molecule has 1 rings (SSSR count). The van der Waals surface area contributed by atoms with Crippen LogP contribution in [0.2, 0.25) is 5.02 Å². The van der Waals surface area contributed by atoms with E-state index in [4.69, 9.17) is 17.3 Å². The van der Waals surface area contributed by atoms with Crippen molar-refractivity contribution in [3.05, 3.63) is 34.3 Å². The Kier molecular flexibility index (Phi) is 3.31. The molecule has 3 N–H and O–H groups in total. The summed E-state index contributed by atoms with van der Waals surface area (Å²) in [5.74, 6) is 0. The molecule has 0 aliphatic carbocycles. The van der Waals surface area contributed by atoms with E-state index in [-0.39, 0.29) is 6.04 Å². The highest BCUT2D eigenvalue weighted by Gasteiger charge is 2.13. The fourth-order valence-corrected chi connectivity index (χ4v) is 1.50. The third-order valence-corrected chi connectivity index (χ3v) is 2.35. The molecule has 0 aromatic heterocycles. The van der Waals surface area contributed by atoms with Crippen LogP contribution < -0.4 is 5.73 Å². The van der Waals surface area contributed by atoms with E-state index in [9.17, 15) is 5.11 Å². The van der Waals surface area contributed by atoms with Gasteiger partial charge < -0.3 is 10.8 Å². The van der Waals surface area contributed by atoms with Crippen LogP contribution in [-0.4, -0.2) is 11.2 Å². The first-order valence-electron chi connectivity index (χ1n) is 4.22. The third kappa shape index (κ3) is 2.44. The van der Waals surface area contributed by atoms with Crippen LogP contribution in [0.25, 0.3) is 0 Å². The molecule has 0 heterocycles. The van der Waals surface area contributed by atoms with E-state index in [1.807, 2.05) is 19.1 Å². The molecule has 0 radical (unpaired) electrons. The van der Waals surface area contributed by atoms with E-state index >= 15 is 0 Å². The normalized spacial score (nSPS) is 15.5. The smallest absolute Gasteiger partial charge is 0.0704 e. The Labute approximate surface area is 83.3 Å². The van der Waals surface area contributed by atoms with Crippen molar-refractivity contribution in [2.75, 3.05) is 0 Å². The molecule has 3 heteroatoms. The Morgan fingerprint density at radius 3 is 2.54 bits per heavy atom. The minimum absolute atomic E-state index is 0.336. The van der Waals surface area contributed by atoms with Crippen molar-refractivity contribution in [1.82, 2.24) is 0 Å². The number of aliphatic hydroxyl groups excluding tert-OH is 1. The van der Waals surface area contributed by atoms with E-state index in [0.717, 1.165) is 11.1 Å². The maximum atomic E-state index is 9.31. The first-order valence-corrected chi connectivity index (χ1v) is 4.60. The SMILES string of the molecule is Cc1cc(Cl)ccc1[C@@H](N)[C@@H](C)O. The number of aliphatic hydroxyl groups is 1. The van der Waals surface area contributed by atoms with E-state index in [2.05, 4.69) is 0 Å². The van der Waals surface area contributed by atoms with Crippen LogP contribution in [0.1, 0.15) is 24.1 Å². The summed E-state index contributed by atoms with van der Waals surface area (Å²) in [4.78, 5) is 0. The van der Waals surface area contributed by atoms with Crippen molar-refractivity contribution in [3.63, 3.8) is 0 Å². The molecule has 1 aromatic rings. The molecule has 2 atom stereocenters. The Morgan fingerprint density at radius 1 is 1.46 bits per heavy atom. The number of benzene rings is 1. The number of rotatable bonds is 2. The molecule has 0 spiro atoms. The van der Waals surface area contributed by atoms with E-state index in [0.29, 0.717) is 5.02 Å². The zero-order valence-corrected chi connectivity index (χ0v) is 8.55.